The molecule has 0 unspecified atom stereocenters. The van der Waals surface area contributed by atoms with Gasteiger partial charge in [0, 0.05) is 56.2 Å². The molecule has 1 aliphatic heterocycles. The number of carbonyl (C=O) groups is 1. The van der Waals surface area contributed by atoms with Crippen LogP contribution in [0.1, 0.15) is 21.5 Å². The molecule has 0 spiro atoms. The van der Waals surface area contributed by atoms with E-state index in [0.29, 0.717) is 0 Å². The van der Waals surface area contributed by atoms with Crippen molar-refractivity contribution < 1.29 is 4.79 Å². The molecule has 1 fully saturated rings. The summed E-state index contributed by atoms with van der Waals surface area (Å²) >= 11 is 0. The smallest absolute Gasteiger partial charge is 0.253 e. The second-order valence-electron chi connectivity index (χ2n) is 7.33. The monoisotopic (exact) mass is 371 g/mol. The van der Waals surface area contributed by atoms with Gasteiger partial charge in [-0.3, -0.25) is 14.7 Å². The van der Waals surface area contributed by atoms with E-state index in [1.54, 1.807) is 6.20 Å². The number of rotatable bonds is 4. The molecule has 4 rings (SSSR count). The maximum atomic E-state index is 12.7. The number of aromatic nitrogens is 1. The van der Waals surface area contributed by atoms with Gasteiger partial charge in [-0.2, -0.15) is 0 Å². The van der Waals surface area contributed by atoms with Crippen LogP contribution in [0.15, 0.2) is 73.1 Å². The van der Waals surface area contributed by atoms with Crippen molar-refractivity contribution in [2.45, 2.75) is 13.5 Å². The Hall–Kier alpha value is -2.98. The Labute approximate surface area is 166 Å². The van der Waals surface area contributed by atoms with Crippen molar-refractivity contribution in [2.75, 3.05) is 26.2 Å². The standard InChI is InChI=1S/C24H25N3O/c1-19-8-10-20(11-9-19)24(28)27-15-13-26(14-16-27)18-22-5-2-3-7-23(22)21-6-4-12-25-17-21/h2-12,17H,13-16,18H2,1H3. The third-order valence-corrected chi connectivity index (χ3v) is 5.34. The zero-order valence-corrected chi connectivity index (χ0v) is 16.2. The van der Waals surface area contributed by atoms with Crippen LogP contribution in [0.3, 0.4) is 0 Å². The van der Waals surface area contributed by atoms with Crippen molar-refractivity contribution in [3.05, 3.63) is 89.7 Å². The van der Waals surface area contributed by atoms with Gasteiger partial charge >= 0.3 is 0 Å². The van der Waals surface area contributed by atoms with Gasteiger partial charge in [-0.15, -0.1) is 0 Å². The average molecular weight is 371 g/mol. The van der Waals surface area contributed by atoms with E-state index in [1.165, 1.54) is 16.7 Å². The molecule has 142 valence electrons. The van der Waals surface area contributed by atoms with Crippen molar-refractivity contribution in [1.82, 2.24) is 14.8 Å². The number of hydrogen-bond donors (Lipinski definition) is 0. The molecule has 1 aromatic heterocycles. The van der Waals surface area contributed by atoms with E-state index in [4.69, 9.17) is 0 Å². The van der Waals surface area contributed by atoms with Crippen LogP contribution in [0, 0.1) is 6.92 Å². The number of benzene rings is 2. The number of nitrogens with zero attached hydrogens (tertiary/aromatic N) is 3. The average Bonchev–Trinajstić information content (AvgIpc) is 2.75. The normalized spacial score (nSPS) is 14.8. The zero-order valence-electron chi connectivity index (χ0n) is 16.2. The summed E-state index contributed by atoms with van der Waals surface area (Å²) in [6.07, 6.45) is 3.72. The Kier molecular flexibility index (Phi) is 5.49. The number of aryl methyl sites for hydroxylation is 1. The Morgan fingerprint density at radius 3 is 2.39 bits per heavy atom. The molecule has 0 N–H and O–H groups in total. The van der Waals surface area contributed by atoms with Gasteiger partial charge in [0.1, 0.15) is 0 Å². The SMILES string of the molecule is Cc1ccc(C(=O)N2CCN(Cc3ccccc3-c3cccnc3)CC2)cc1. The summed E-state index contributed by atoms with van der Waals surface area (Å²) in [5, 5.41) is 0. The van der Waals surface area contributed by atoms with Crippen molar-refractivity contribution in [3.63, 3.8) is 0 Å². The molecule has 2 aromatic carbocycles. The Bertz CT molecular complexity index is 930. The van der Waals surface area contributed by atoms with Gasteiger partial charge in [0.2, 0.25) is 0 Å². The lowest BCUT2D eigenvalue weighted by atomic mass is 10.0. The number of hydrogen-bond acceptors (Lipinski definition) is 3. The van der Waals surface area contributed by atoms with E-state index in [0.717, 1.165) is 43.9 Å². The molecule has 1 aliphatic rings. The molecular weight excluding hydrogens is 346 g/mol. The van der Waals surface area contributed by atoms with Gasteiger partial charge in [-0.25, -0.2) is 0 Å². The predicted molar refractivity (Wildman–Crippen MR) is 112 cm³/mol. The van der Waals surface area contributed by atoms with Crippen LogP contribution < -0.4 is 0 Å². The molecular formula is C24H25N3O. The fraction of sp³-hybridized carbons (Fsp3) is 0.250. The van der Waals surface area contributed by atoms with Crippen LogP contribution in [0.25, 0.3) is 11.1 Å². The maximum absolute atomic E-state index is 12.7. The molecule has 4 nitrogen and oxygen atoms in total. The van der Waals surface area contributed by atoms with Gasteiger partial charge in [0.25, 0.3) is 5.91 Å². The van der Waals surface area contributed by atoms with Crippen molar-refractivity contribution in [3.8, 4) is 11.1 Å². The third kappa shape index (κ3) is 4.12. The fourth-order valence-corrected chi connectivity index (χ4v) is 3.69. The topological polar surface area (TPSA) is 36.4 Å². The number of pyridine rings is 1. The first-order chi connectivity index (χ1) is 13.7. The molecule has 0 atom stereocenters. The van der Waals surface area contributed by atoms with E-state index in [9.17, 15) is 4.79 Å². The first-order valence-corrected chi connectivity index (χ1v) is 9.77. The summed E-state index contributed by atoms with van der Waals surface area (Å²) < 4.78 is 0. The predicted octanol–water partition coefficient (Wildman–Crippen LogP) is 4.02. The molecule has 4 heteroatoms. The zero-order chi connectivity index (χ0) is 19.3. The van der Waals surface area contributed by atoms with Gasteiger partial charge in [0.05, 0.1) is 0 Å². The van der Waals surface area contributed by atoms with Crippen LogP contribution in [0.2, 0.25) is 0 Å². The molecule has 2 heterocycles. The number of piperazine rings is 1. The highest BCUT2D eigenvalue weighted by Gasteiger charge is 2.22. The molecule has 1 saturated heterocycles. The molecule has 0 saturated carbocycles. The number of amides is 1. The molecule has 0 bridgehead atoms. The van der Waals surface area contributed by atoms with Gasteiger partial charge in [-0.1, -0.05) is 48.0 Å². The van der Waals surface area contributed by atoms with Crippen molar-refractivity contribution in [1.29, 1.82) is 0 Å². The molecule has 0 aliphatic carbocycles. The summed E-state index contributed by atoms with van der Waals surface area (Å²) in [5.41, 5.74) is 5.63. The van der Waals surface area contributed by atoms with Gasteiger partial charge < -0.3 is 4.90 Å². The molecule has 1 amide bonds. The Morgan fingerprint density at radius 1 is 0.929 bits per heavy atom. The fourth-order valence-electron chi connectivity index (χ4n) is 3.69. The van der Waals surface area contributed by atoms with E-state index in [-0.39, 0.29) is 5.91 Å². The van der Waals surface area contributed by atoms with Gasteiger partial charge in [-0.05, 0) is 36.2 Å². The van der Waals surface area contributed by atoms with Gasteiger partial charge in [0.15, 0.2) is 0 Å². The first kappa shape index (κ1) is 18.4. The second kappa shape index (κ2) is 8.36. The Balaban J connectivity index is 1.40. The van der Waals surface area contributed by atoms with Crippen molar-refractivity contribution in [2.24, 2.45) is 0 Å². The minimum absolute atomic E-state index is 0.135. The van der Waals surface area contributed by atoms with Crippen LogP contribution in [-0.4, -0.2) is 46.9 Å². The quantitative estimate of drug-likeness (QED) is 0.695. The highest BCUT2D eigenvalue weighted by atomic mass is 16.2. The molecule has 3 aromatic rings. The molecule has 0 radical (unpaired) electrons. The van der Waals surface area contributed by atoms with E-state index >= 15 is 0 Å². The summed E-state index contributed by atoms with van der Waals surface area (Å²) in [7, 11) is 0. The largest absolute Gasteiger partial charge is 0.336 e. The van der Waals surface area contributed by atoms with Crippen LogP contribution in [0.5, 0.6) is 0 Å². The maximum Gasteiger partial charge on any atom is 0.253 e. The Morgan fingerprint density at radius 2 is 1.68 bits per heavy atom. The number of carbonyl (C=O) groups excluding carboxylic acids is 1. The second-order valence-corrected chi connectivity index (χ2v) is 7.33. The lowest BCUT2D eigenvalue weighted by molar-refractivity contribution is 0.0628. The first-order valence-electron chi connectivity index (χ1n) is 9.77. The van der Waals surface area contributed by atoms with E-state index in [1.807, 2.05) is 48.4 Å². The van der Waals surface area contributed by atoms with Crippen LogP contribution in [0.4, 0.5) is 0 Å². The third-order valence-electron chi connectivity index (χ3n) is 5.34. The minimum atomic E-state index is 0.135. The molecule has 28 heavy (non-hydrogen) atoms. The van der Waals surface area contributed by atoms with Crippen LogP contribution >= 0.6 is 0 Å². The highest BCUT2D eigenvalue weighted by molar-refractivity contribution is 5.94. The van der Waals surface area contributed by atoms with Crippen LogP contribution in [-0.2, 0) is 6.54 Å². The minimum Gasteiger partial charge on any atom is -0.336 e. The summed E-state index contributed by atoms with van der Waals surface area (Å²) in [6.45, 7) is 6.23. The highest BCUT2D eigenvalue weighted by Crippen LogP contribution is 2.24. The summed E-state index contributed by atoms with van der Waals surface area (Å²) in [4.78, 5) is 21.4. The van der Waals surface area contributed by atoms with E-state index < -0.39 is 0 Å². The lowest BCUT2D eigenvalue weighted by Gasteiger charge is -2.35. The lowest BCUT2D eigenvalue weighted by Crippen LogP contribution is -2.48. The summed E-state index contributed by atoms with van der Waals surface area (Å²) in [6, 6.07) is 20.4. The van der Waals surface area contributed by atoms with Crippen molar-refractivity contribution >= 4 is 5.91 Å². The van der Waals surface area contributed by atoms with E-state index in [2.05, 4.69) is 40.2 Å². The summed E-state index contributed by atoms with van der Waals surface area (Å²) in [5.74, 6) is 0.135.